The zero-order valence-electron chi connectivity index (χ0n) is 12.9. The van der Waals surface area contributed by atoms with Crippen molar-refractivity contribution in [1.29, 1.82) is 0 Å². The molecule has 0 unspecified atom stereocenters. The molecule has 2 aromatic heterocycles. The van der Waals surface area contributed by atoms with Crippen molar-refractivity contribution in [3.05, 3.63) is 54.4 Å². The summed E-state index contributed by atoms with van der Waals surface area (Å²) in [6.45, 7) is 1.83. The SMILES string of the molecule is O=C(Cn1ccc2ncc(-c3cccc(F)c3F)cc21)N1CCC1. The van der Waals surface area contributed by atoms with Gasteiger partial charge in [0.15, 0.2) is 11.6 Å². The molecular formula is C18H15F2N3O. The van der Waals surface area contributed by atoms with Crippen LogP contribution >= 0.6 is 0 Å². The van der Waals surface area contributed by atoms with Gasteiger partial charge in [-0.2, -0.15) is 0 Å². The van der Waals surface area contributed by atoms with Gasteiger partial charge in [0.25, 0.3) is 0 Å². The number of amides is 1. The van der Waals surface area contributed by atoms with E-state index in [4.69, 9.17) is 0 Å². The van der Waals surface area contributed by atoms with Crippen molar-refractivity contribution >= 4 is 16.9 Å². The van der Waals surface area contributed by atoms with Gasteiger partial charge in [0, 0.05) is 36.6 Å². The number of aromatic nitrogens is 2. The number of hydrogen-bond donors (Lipinski definition) is 0. The Balaban J connectivity index is 1.73. The fourth-order valence-corrected chi connectivity index (χ4v) is 2.89. The van der Waals surface area contributed by atoms with Crippen LogP contribution in [-0.4, -0.2) is 33.4 Å². The molecule has 1 saturated heterocycles. The largest absolute Gasteiger partial charge is 0.341 e. The van der Waals surface area contributed by atoms with Crippen LogP contribution in [0.15, 0.2) is 42.7 Å². The molecule has 1 aliphatic heterocycles. The van der Waals surface area contributed by atoms with Gasteiger partial charge in [0.1, 0.15) is 6.54 Å². The molecule has 1 aromatic carbocycles. The summed E-state index contributed by atoms with van der Waals surface area (Å²) in [5.41, 5.74) is 2.08. The van der Waals surface area contributed by atoms with E-state index in [0.717, 1.165) is 31.1 Å². The number of hydrogen-bond acceptors (Lipinski definition) is 2. The van der Waals surface area contributed by atoms with Crippen molar-refractivity contribution in [3.63, 3.8) is 0 Å². The van der Waals surface area contributed by atoms with Crippen LogP contribution in [0, 0.1) is 11.6 Å². The minimum atomic E-state index is -0.895. The Hall–Kier alpha value is -2.76. The third-order valence-electron chi connectivity index (χ3n) is 4.40. The first-order chi connectivity index (χ1) is 11.6. The van der Waals surface area contributed by atoms with Crippen LogP contribution in [0.2, 0.25) is 0 Å². The van der Waals surface area contributed by atoms with Gasteiger partial charge in [-0.15, -0.1) is 0 Å². The van der Waals surface area contributed by atoms with Crippen molar-refractivity contribution < 1.29 is 13.6 Å². The van der Waals surface area contributed by atoms with Gasteiger partial charge in [0.05, 0.1) is 11.0 Å². The Labute approximate surface area is 137 Å². The van der Waals surface area contributed by atoms with Crippen molar-refractivity contribution in [2.24, 2.45) is 0 Å². The molecule has 0 spiro atoms. The minimum absolute atomic E-state index is 0.0566. The molecule has 3 heterocycles. The lowest BCUT2D eigenvalue weighted by molar-refractivity contribution is -0.135. The second-order valence-corrected chi connectivity index (χ2v) is 5.91. The monoisotopic (exact) mass is 327 g/mol. The maximum atomic E-state index is 14.0. The van der Waals surface area contributed by atoms with Crippen LogP contribution in [0.5, 0.6) is 0 Å². The molecule has 4 nitrogen and oxygen atoms in total. The lowest BCUT2D eigenvalue weighted by Crippen LogP contribution is -2.43. The molecule has 6 heteroatoms. The molecule has 0 N–H and O–H groups in total. The molecule has 0 atom stereocenters. The van der Waals surface area contributed by atoms with Crippen LogP contribution in [0.4, 0.5) is 8.78 Å². The molecule has 1 fully saturated rings. The number of carbonyl (C=O) groups excluding carboxylic acids is 1. The molecule has 0 bridgehead atoms. The van der Waals surface area contributed by atoms with Crippen molar-refractivity contribution in [1.82, 2.24) is 14.5 Å². The highest BCUT2D eigenvalue weighted by Crippen LogP contribution is 2.27. The number of pyridine rings is 1. The van der Waals surface area contributed by atoms with E-state index < -0.39 is 11.6 Å². The van der Waals surface area contributed by atoms with Gasteiger partial charge in [0.2, 0.25) is 5.91 Å². The van der Waals surface area contributed by atoms with Gasteiger partial charge >= 0.3 is 0 Å². The number of nitrogens with zero attached hydrogens (tertiary/aromatic N) is 3. The van der Waals surface area contributed by atoms with E-state index in [-0.39, 0.29) is 18.0 Å². The third kappa shape index (κ3) is 2.44. The fourth-order valence-electron chi connectivity index (χ4n) is 2.89. The van der Waals surface area contributed by atoms with Crippen LogP contribution in [0.1, 0.15) is 6.42 Å². The minimum Gasteiger partial charge on any atom is -0.341 e. The Kier molecular flexibility index (Phi) is 3.52. The highest BCUT2D eigenvalue weighted by molar-refractivity contribution is 5.84. The average molecular weight is 327 g/mol. The highest BCUT2D eigenvalue weighted by atomic mass is 19.2. The van der Waals surface area contributed by atoms with E-state index in [1.807, 2.05) is 6.07 Å². The van der Waals surface area contributed by atoms with Gasteiger partial charge < -0.3 is 9.47 Å². The summed E-state index contributed by atoms with van der Waals surface area (Å²) in [6.07, 6.45) is 4.35. The molecule has 0 saturated carbocycles. The highest BCUT2D eigenvalue weighted by Gasteiger charge is 2.21. The number of fused-ring (bicyclic) bond motifs is 1. The number of rotatable bonds is 3. The normalized spacial score (nSPS) is 14.0. The van der Waals surface area contributed by atoms with Crippen LogP contribution in [-0.2, 0) is 11.3 Å². The Morgan fingerprint density at radius 3 is 2.79 bits per heavy atom. The standard InChI is InChI=1S/C18H15F2N3O/c19-14-4-1-3-13(18(14)20)12-9-16-15(21-10-12)5-8-23(16)11-17(24)22-6-2-7-22/h1,3-5,8-10H,2,6-7,11H2. The third-order valence-corrected chi connectivity index (χ3v) is 4.40. The first kappa shape index (κ1) is 14.8. The summed E-state index contributed by atoms with van der Waals surface area (Å²) in [5, 5.41) is 0. The fraction of sp³-hybridized carbons (Fsp3) is 0.222. The van der Waals surface area contributed by atoms with E-state index >= 15 is 0 Å². The van der Waals surface area contributed by atoms with Crippen molar-refractivity contribution in [3.8, 4) is 11.1 Å². The molecular weight excluding hydrogens is 312 g/mol. The average Bonchev–Trinajstić information content (AvgIpc) is 2.90. The van der Waals surface area contributed by atoms with E-state index in [2.05, 4.69) is 4.98 Å². The number of likely N-dealkylation sites (tertiary alicyclic amines) is 1. The van der Waals surface area contributed by atoms with Crippen molar-refractivity contribution in [2.75, 3.05) is 13.1 Å². The number of halogens is 2. The van der Waals surface area contributed by atoms with E-state index in [1.54, 1.807) is 21.7 Å². The Morgan fingerprint density at radius 2 is 2.04 bits per heavy atom. The van der Waals surface area contributed by atoms with Crippen LogP contribution in [0.3, 0.4) is 0 Å². The van der Waals surface area contributed by atoms with Gasteiger partial charge in [-0.3, -0.25) is 9.78 Å². The zero-order chi connectivity index (χ0) is 16.7. The quantitative estimate of drug-likeness (QED) is 0.741. The zero-order valence-corrected chi connectivity index (χ0v) is 12.9. The summed E-state index contributed by atoms with van der Waals surface area (Å²) in [6, 6.07) is 7.61. The topological polar surface area (TPSA) is 38.1 Å². The molecule has 122 valence electrons. The van der Waals surface area contributed by atoms with E-state index in [9.17, 15) is 13.6 Å². The first-order valence-electron chi connectivity index (χ1n) is 7.80. The summed E-state index contributed by atoms with van der Waals surface area (Å²) in [4.78, 5) is 18.3. The predicted octanol–water partition coefficient (Wildman–Crippen LogP) is 3.21. The molecule has 1 amide bonds. The predicted molar refractivity (Wildman–Crippen MR) is 86.3 cm³/mol. The van der Waals surface area contributed by atoms with Crippen molar-refractivity contribution in [2.45, 2.75) is 13.0 Å². The van der Waals surface area contributed by atoms with Crippen LogP contribution in [0.25, 0.3) is 22.2 Å². The summed E-state index contributed by atoms with van der Waals surface area (Å²) >= 11 is 0. The molecule has 24 heavy (non-hydrogen) atoms. The lowest BCUT2D eigenvalue weighted by atomic mass is 10.1. The maximum absolute atomic E-state index is 14.0. The second-order valence-electron chi connectivity index (χ2n) is 5.91. The van der Waals surface area contributed by atoms with Gasteiger partial charge in [-0.1, -0.05) is 12.1 Å². The lowest BCUT2D eigenvalue weighted by Gasteiger charge is -2.31. The molecule has 4 rings (SSSR count). The van der Waals surface area contributed by atoms with E-state index in [1.165, 1.54) is 18.3 Å². The van der Waals surface area contributed by atoms with Crippen LogP contribution < -0.4 is 0 Å². The molecule has 0 radical (unpaired) electrons. The van der Waals surface area contributed by atoms with E-state index in [0.29, 0.717) is 11.1 Å². The summed E-state index contributed by atoms with van der Waals surface area (Å²) in [7, 11) is 0. The number of benzene rings is 1. The molecule has 0 aliphatic carbocycles. The molecule has 3 aromatic rings. The first-order valence-corrected chi connectivity index (χ1v) is 7.80. The molecule has 1 aliphatic rings. The maximum Gasteiger partial charge on any atom is 0.242 e. The number of carbonyl (C=O) groups is 1. The van der Waals surface area contributed by atoms with Gasteiger partial charge in [-0.05, 0) is 24.6 Å². The smallest absolute Gasteiger partial charge is 0.242 e. The van der Waals surface area contributed by atoms with Gasteiger partial charge in [-0.25, -0.2) is 8.78 Å². The summed E-state index contributed by atoms with van der Waals surface area (Å²) < 4.78 is 29.3. The summed E-state index contributed by atoms with van der Waals surface area (Å²) in [5.74, 6) is -1.73. The Bertz CT molecular complexity index is 931. The second kappa shape index (κ2) is 5.70. The Morgan fingerprint density at radius 1 is 1.21 bits per heavy atom.